The Morgan fingerprint density at radius 1 is 1.28 bits per heavy atom. The molecule has 0 aliphatic carbocycles. The molecule has 7 heteroatoms. The molecule has 2 N–H and O–H groups in total. The molecule has 18 heavy (non-hydrogen) atoms. The number of hydrogen-bond donors (Lipinski definition) is 2. The maximum absolute atomic E-state index is 11.6. The molecule has 0 fully saturated rings. The summed E-state index contributed by atoms with van der Waals surface area (Å²) in [6, 6.07) is 6.78. The lowest BCUT2D eigenvalue weighted by Gasteiger charge is -2.02. The van der Waals surface area contributed by atoms with Gasteiger partial charge in [0.25, 0.3) is 0 Å². The van der Waals surface area contributed by atoms with E-state index in [2.05, 4.69) is 9.68 Å². The lowest BCUT2D eigenvalue weighted by molar-refractivity contribution is 0.0646. The summed E-state index contributed by atoms with van der Waals surface area (Å²) in [6.45, 7) is 0. The third-order valence-electron chi connectivity index (χ3n) is 2.00. The van der Waals surface area contributed by atoms with Gasteiger partial charge in [-0.15, -0.1) is 0 Å². The van der Waals surface area contributed by atoms with Gasteiger partial charge in [-0.1, -0.05) is 17.3 Å². The highest BCUT2D eigenvalue weighted by molar-refractivity contribution is 5.92. The smallest absolute Gasteiger partial charge is 0.374 e. The Labute approximate surface area is 100 Å². The van der Waals surface area contributed by atoms with E-state index in [-0.39, 0.29) is 17.2 Å². The van der Waals surface area contributed by atoms with E-state index in [1.54, 1.807) is 12.1 Å². The molecule has 0 saturated carbocycles. The molecule has 0 aliphatic heterocycles. The second-order valence-corrected chi connectivity index (χ2v) is 3.24. The molecule has 0 atom stereocenters. The van der Waals surface area contributed by atoms with Crippen LogP contribution in [0.4, 0.5) is 0 Å². The van der Waals surface area contributed by atoms with Crippen molar-refractivity contribution in [2.75, 3.05) is 0 Å². The zero-order valence-corrected chi connectivity index (χ0v) is 8.86. The fourth-order valence-electron chi connectivity index (χ4n) is 1.17. The van der Waals surface area contributed by atoms with Crippen LogP contribution in [0.5, 0.6) is 11.5 Å². The van der Waals surface area contributed by atoms with Gasteiger partial charge in [0.2, 0.25) is 5.76 Å². The van der Waals surface area contributed by atoms with Crippen LogP contribution in [0.1, 0.15) is 21.0 Å². The molecule has 0 bridgehead atoms. The molecular formula is C11H7NO6. The Hall–Kier alpha value is -2.83. The number of rotatable bonds is 3. The van der Waals surface area contributed by atoms with Crippen molar-refractivity contribution in [3.8, 4) is 11.5 Å². The number of phenolic OH excluding ortho intramolecular Hbond substituents is 1. The predicted octanol–water partition coefficient (Wildman–Crippen LogP) is 1.30. The van der Waals surface area contributed by atoms with Crippen LogP contribution in [0.2, 0.25) is 0 Å². The first-order chi connectivity index (χ1) is 8.58. The number of aromatic hydroxyl groups is 1. The van der Waals surface area contributed by atoms with Crippen molar-refractivity contribution in [1.82, 2.24) is 5.16 Å². The highest BCUT2D eigenvalue weighted by Crippen LogP contribution is 2.25. The van der Waals surface area contributed by atoms with Crippen LogP contribution < -0.4 is 4.74 Å². The molecule has 2 rings (SSSR count). The minimum absolute atomic E-state index is 0.0534. The maximum atomic E-state index is 11.6. The average molecular weight is 249 g/mol. The highest BCUT2D eigenvalue weighted by Gasteiger charge is 2.19. The molecule has 0 radical (unpaired) electrons. The van der Waals surface area contributed by atoms with Gasteiger partial charge in [-0.2, -0.15) is 0 Å². The van der Waals surface area contributed by atoms with Gasteiger partial charge in [-0.25, -0.2) is 9.59 Å². The summed E-state index contributed by atoms with van der Waals surface area (Å²) >= 11 is 0. The molecule has 0 unspecified atom stereocenters. The van der Waals surface area contributed by atoms with Gasteiger partial charge in [0.05, 0.1) is 0 Å². The van der Waals surface area contributed by atoms with Gasteiger partial charge in [0.1, 0.15) is 0 Å². The Balaban J connectivity index is 2.17. The molecule has 92 valence electrons. The lowest BCUT2D eigenvalue weighted by Crippen LogP contribution is -2.08. The van der Waals surface area contributed by atoms with E-state index in [0.717, 1.165) is 6.07 Å². The van der Waals surface area contributed by atoms with Crippen molar-refractivity contribution < 1.29 is 29.1 Å². The SMILES string of the molecule is O=C(Oc1ccccc1O)c1cc(C(=O)O)on1. The number of carboxylic acid groups (broad SMARTS) is 1. The number of benzene rings is 1. The number of carbonyl (C=O) groups excluding carboxylic acids is 1. The summed E-state index contributed by atoms with van der Waals surface area (Å²) in [5.41, 5.74) is -0.296. The van der Waals surface area contributed by atoms with Crippen LogP contribution in [-0.4, -0.2) is 27.3 Å². The van der Waals surface area contributed by atoms with E-state index in [0.29, 0.717) is 0 Å². The lowest BCUT2D eigenvalue weighted by atomic mass is 10.3. The fraction of sp³-hybridized carbons (Fsp3) is 0. The summed E-state index contributed by atoms with van der Waals surface area (Å²) in [4.78, 5) is 22.1. The van der Waals surface area contributed by atoms with E-state index in [4.69, 9.17) is 9.84 Å². The summed E-state index contributed by atoms with van der Waals surface area (Å²) in [7, 11) is 0. The normalized spacial score (nSPS) is 10.0. The van der Waals surface area contributed by atoms with Crippen LogP contribution in [0.3, 0.4) is 0 Å². The summed E-state index contributed by atoms with van der Waals surface area (Å²) in [5.74, 6) is -3.01. The molecule has 7 nitrogen and oxygen atoms in total. The molecule has 0 spiro atoms. The van der Waals surface area contributed by atoms with Gasteiger partial charge >= 0.3 is 11.9 Å². The third-order valence-corrected chi connectivity index (χ3v) is 2.00. The number of hydrogen-bond acceptors (Lipinski definition) is 6. The van der Waals surface area contributed by atoms with Crippen LogP contribution >= 0.6 is 0 Å². The first-order valence-electron chi connectivity index (χ1n) is 4.78. The molecule has 1 aromatic carbocycles. The second kappa shape index (κ2) is 4.58. The summed E-state index contributed by atoms with van der Waals surface area (Å²) in [6.07, 6.45) is 0. The van der Waals surface area contributed by atoms with E-state index >= 15 is 0 Å². The quantitative estimate of drug-likeness (QED) is 0.623. The van der Waals surface area contributed by atoms with Crippen molar-refractivity contribution in [2.45, 2.75) is 0 Å². The number of para-hydroxylation sites is 2. The first kappa shape index (κ1) is 11.6. The Morgan fingerprint density at radius 3 is 2.61 bits per heavy atom. The van der Waals surface area contributed by atoms with Crippen LogP contribution in [0.15, 0.2) is 34.9 Å². The average Bonchev–Trinajstić information content (AvgIpc) is 2.81. The standard InChI is InChI=1S/C11H7NO6/c13-7-3-1-2-4-8(7)17-11(16)6-5-9(10(14)15)18-12-6/h1-5,13H,(H,14,15). The van der Waals surface area contributed by atoms with Crippen molar-refractivity contribution in [3.05, 3.63) is 41.8 Å². The molecule has 2 aromatic rings. The van der Waals surface area contributed by atoms with Gasteiger partial charge in [-0.3, -0.25) is 0 Å². The van der Waals surface area contributed by atoms with Crippen LogP contribution in [0.25, 0.3) is 0 Å². The number of phenols is 1. The number of carboxylic acids is 1. The summed E-state index contributed by atoms with van der Waals surface area (Å²) < 4.78 is 9.22. The van der Waals surface area contributed by atoms with Gasteiger partial charge in [-0.05, 0) is 12.1 Å². The van der Waals surface area contributed by atoms with E-state index < -0.39 is 17.7 Å². The zero-order chi connectivity index (χ0) is 13.1. The van der Waals surface area contributed by atoms with Crippen molar-refractivity contribution in [1.29, 1.82) is 0 Å². The van der Waals surface area contributed by atoms with Gasteiger partial charge in [0, 0.05) is 6.07 Å². The van der Waals surface area contributed by atoms with Gasteiger partial charge < -0.3 is 19.5 Å². The Kier molecular flexibility index (Phi) is 2.96. The molecule has 0 amide bonds. The molecule has 0 saturated heterocycles. The predicted molar refractivity (Wildman–Crippen MR) is 56.5 cm³/mol. The van der Waals surface area contributed by atoms with Crippen LogP contribution in [-0.2, 0) is 0 Å². The van der Waals surface area contributed by atoms with Crippen molar-refractivity contribution in [3.63, 3.8) is 0 Å². The third kappa shape index (κ3) is 2.29. The van der Waals surface area contributed by atoms with Gasteiger partial charge in [0.15, 0.2) is 17.2 Å². The van der Waals surface area contributed by atoms with Crippen LogP contribution in [0, 0.1) is 0 Å². The molecule has 1 heterocycles. The van der Waals surface area contributed by atoms with Crippen molar-refractivity contribution >= 4 is 11.9 Å². The number of ether oxygens (including phenoxy) is 1. The zero-order valence-electron chi connectivity index (χ0n) is 8.86. The topological polar surface area (TPSA) is 110 Å². The largest absolute Gasteiger partial charge is 0.504 e. The van der Waals surface area contributed by atoms with E-state index in [9.17, 15) is 14.7 Å². The maximum Gasteiger partial charge on any atom is 0.374 e. The number of nitrogens with zero attached hydrogens (tertiary/aromatic N) is 1. The highest BCUT2D eigenvalue weighted by atomic mass is 16.5. The monoisotopic (exact) mass is 249 g/mol. The van der Waals surface area contributed by atoms with Crippen molar-refractivity contribution in [2.24, 2.45) is 0 Å². The number of aromatic nitrogens is 1. The fourth-order valence-corrected chi connectivity index (χ4v) is 1.17. The van der Waals surface area contributed by atoms with E-state index in [1.165, 1.54) is 12.1 Å². The summed E-state index contributed by atoms with van der Waals surface area (Å²) in [5, 5.41) is 21.2. The Bertz CT molecular complexity index is 603. The molecule has 0 aliphatic rings. The first-order valence-corrected chi connectivity index (χ1v) is 4.78. The molecular weight excluding hydrogens is 242 g/mol. The Morgan fingerprint density at radius 2 is 2.00 bits per heavy atom. The minimum atomic E-state index is -1.34. The number of carbonyl (C=O) groups is 2. The second-order valence-electron chi connectivity index (χ2n) is 3.24. The minimum Gasteiger partial charge on any atom is -0.504 e. The van der Waals surface area contributed by atoms with E-state index in [1.807, 2.05) is 0 Å². The molecule has 1 aromatic heterocycles. The number of aromatic carboxylic acids is 1. The number of esters is 1.